The molecule has 30 heavy (non-hydrogen) atoms. The van der Waals surface area contributed by atoms with E-state index in [1.54, 1.807) is 0 Å². The van der Waals surface area contributed by atoms with E-state index in [0.29, 0.717) is 11.8 Å². The molecule has 0 aromatic heterocycles. The first-order chi connectivity index (χ1) is 14.5. The monoisotopic (exact) mass is 412 g/mol. The Hall–Kier alpha value is -2.34. The number of rotatable bonds is 8. The molecular formula is C27H33AlN2. The van der Waals surface area contributed by atoms with E-state index in [1.807, 2.05) is 36.5 Å². The van der Waals surface area contributed by atoms with E-state index in [0.717, 1.165) is 11.0 Å². The van der Waals surface area contributed by atoms with Crippen molar-refractivity contribution >= 4 is 32.0 Å². The van der Waals surface area contributed by atoms with Crippen LogP contribution >= 0.6 is 0 Å². The number of hydrogen-bond acceptors (Lipinski definition) is 2. The molecule has 0 radical (unpaired) electrons. The predicted octanol–water partition coefficient (Wildman–Crippen LogP) is 7.50. The second-order valence-corrected chi connectivity index (χ2v) is 11.2. The fourth-order valence-corrected chi connectivity index (χ4v) is 5.81. The first kappa shape index (κ1) is 22.3. The van der Waals surface area contributed by atoms with Crippen LogP contribution in [-0.4, -0.2) is 20.6 Å². The number of para-hydroxylation sites is 2. The molecular weight excluding hydrogens is 379 g/mol. The third-order valence-electron chi connectivity index (χ3n) is 5.45. The Morgan fingerprint density at radius 1 is 0.800 bits per heavy atom. The molecule has 0 heterocycles. The number of aliphatic imine (C=N–C) groups is 1. The van der Waals surface area contributed by atoms with Crippen molar-refractivity contribution in [1.29, 1.82) is 0 Å². The molecule has 3 aromatic carbocycles. The van der Waals surface area contributed by atoms with Crippen LogP contribution in [0.3, 0.4) is 0 Å². The molecule has 3 rings (SSSR count). The van der Waals surface area contributed by atoms with E-state index in [-0.39, 0.29) is 0 Å². The summed E-state index contributed by atoms with van der Waals surface area (Å²) in [6.07, 6.45) is 2.01. The molecule has 2 nitrogen and oxygen atoms in total. The molecule has 0 aliphatic rings. The largest absolute Gasteiger partial charge is 0.476 e. The topological polar surface area (TPSA) is 24.4 Å². The highest BCUT2D eigenvalue weighted by molar-refractivity contribution is 6.60. The second-order valence-electron chi connectivity index (χ2n) is 8.66. The number of nitrogens with zero attached hydrogens (tertiary/aromatic N) is 1. The fourth-order valence-electron chi connectivity index (χ4n) is 3.85. The van der Waals surface area contributed by atoms with Gasteiger partial charge in [0.15, 0.2) is 0 Å². The average Bonchev–Trinajstić information content (AvgIpc) is 2.73. The van der Waals surface area contributed by atoms with Gasteiger partial charge in [-0.05, 0) is 45.9 Å². The summed E-state index contributed by atoms with van der Waals surface area (Å²) in [4.78, 5) is 4.67. The van der Waals surface area contributed by atoms with E-state index in [1.165, 1.54) is 27.9 Å². The lowest BCUT2D eigenvalue weighted by atomic mass is 9.93. The van der Waals surface area contributed by atoms with Crippen LogP contribution in [0.4, 0.5) is 11.4 Å². The summed E-state index contributed by atoms with van der Waals surface area (Å²) >= 11 is -1.23. The Morgan fingerprint density at radius 3 is 2.03 bits per heavy atom. The van der Waals surface area contributed by atoms with E-state index < -0.39 is 14.4 Å². The molecule has 0 fully saturated rings. The van der Waals surface area contributed by atoms with Crippen LogP contribution in [0.1, 0.15) is 61.8 Å². The highest BCUT2D eigenvalue weighted by Gasteiger charge is 2.20. The maximum atomic E-state index is 4.67. The van der Waals surface area contributed by atoms with Crippen LogP contribution in [-0.2, 0) is 5.28 Å². The zero-order chi connectivity index (χ0) is 21.5. The van der Waals surface area contributed by atoms with E-state index in [9.17, 15) is 0 Å². The van der Waals surface area contributed by atoms with Crippen molar-refractivity contribution in [2.24, 2.45) is 4.99 Å². The zero-order valence-electron chi connectivity index (χ0n) is 18.9. The number of anilines is 1. The molecule has 0 spiro atoms. The van der Waals surface area contributed by atoms with Gasteiger partial charge in [0.05, 0.1) is 5.69 Å². The lowest BCUT2D eigenvalue weighted by Crippen LogP contribution is -2.26. The predicted molar refractivity (Wildman–Crippen MR) is 134 cm³/mol. The SMILES string of the molecule is CC(C)c1cccc(C(C)C)c1[NH][Al]([CH3])[CH2]c1ccccc1C=Nc1ccccc1. The zero-order valence-corrected chi connectivity index (χ0v) is 20.0. The molecule has 1 N–H and O–H groups in total. The van der Waals surface area contributed by atoms with Gasteiger partial charge in [0.1, 0.15) is 0 Å². The summed E-state index contributed by atoms with van der Waals surface area (Å²) in [7, 11) is 0. The van der Waals surface area contributed by atoms with Gasteiger partial charge >= 0.3 is 14.4 Å². The minimum atomic E-state index is -1.23. The summed E-state index contributed by atoms with van der Waals surface area (Å²) in [5.41, 5.74) is 7.81. The number of nitrogens with one attached hydrogen (secondary N) is 1. The Balaban J connectivity index is 1.81. The van der Waals surface area contributed by atoms with Gasteiger partial charge in [0.2, 0.25) is 0 Å². The van der Waals surface area contributed by atoms with Gasteiger partial charge < -0.3 is 4.30 Å². The van der Waals surface area contributed by atoms with Crippen molar-refractivity contribution in [2.75, 3.05) is 4.30 Å². The lowest BCUT2D eigenvalue weighted by molar-refractivity contribution is 0.839. The van der Waals surface area contributed by atoms with E-state index in [4.69, 9.17) is 0 Å². The summed E-state index contributed by atoms with van der Waals surface area (Å²) in [5.74, 6) is 3.43. The maximum Gasteiger partial charge on any atom is 0.412 e. The van der Waals surface area contributed by atoms with Crippen molar-refractivity contribution in [3.05, 3.63) is 95.1 Å². The minimum Gasteiger partial charge on any atom is -0.476 e. The lowest BCUT2D eigenvalue weighted by Gasteiger charge is -2.23. The molecule has 0 atom stereocenters. The van der Waals surface area contributed by atoms with Gasteiger partial charge in [-0.1, -0.05) is 99.7 Å². The molecule has 0 aliphatic carbocycles. The van der Waals surface area contributed by atoms with Gasteiger partial charge in [0, 0.05) is 11.9 Å². The second kappa shape index (κ2) is 10.6. The minimum absolute atomic E-state index is 0.512. The van der Waals surface area contributed by atoms with Crippen LogP contribution in [0.25, 0.3) is 0 Å². The van der Waals surface area contributed by atoms with Crippen molar-refractivity contribution in [1.82, 2.24) is 0 Å². The van der Waals surface area contributed by atoms with Gasteiger partial charge in [-0.25, -0.2) is 0 Å². The average molecular weight is 413 g/mol. The molecule has 0 amide bonds. The Kier molecular flexibility index (Phi) is 7.91. The Morgan fingerprint density at radius 2 is 1.40 bits per heavy atom. The van der Waals surface area contributed by atoms with Gasteiger partial charge in [0.25, 0.3) is 0 Å². The Labute approximate surface area is 186 Å². The standard InChI is InChI=1S/C14H12N.C12H18N.CH3.Al/c1-12-7-5-6-8-13(12)11-15-14-9-3-2-4-10-14;1-8(2)10-6-5-7-11(9(3)4)12(10)13;;/h2-11H,1H2;5-9,13H,1-4H3;1H3;/q;-1;;+1. The van der Waals surface area contributed by atoms with Crippen LogP contribution in [0.15, 0.2) is 77.8 Å². The van der Waals surface area contributed by atoms with Crippen LogP contribution in [0.2, 0.25) is 5.79 Å². The quantitative estimate of drug-likeness (QED) is 0.301. The number of hydrogen-bond donors (Lipinski definition) is 1. The summed E-state index contributed by atoms with van der Waals surface area (Å²) < 4.78 is 3.99. The third-order valence-corrected chi connectivity index (χ3v) is 7.29. The highest BCUT2D eigenvalue weighted by atomic mass is 27.2. The summed E-state index contributed by atoms with van der Waals surface area (Å²) in [5, 5.41) is 1.08. The van der Waals surface area contributed by atoms with E-state index in [2.05, 4.69) is 85.2 Å². The van der Waals surface area contributed by atoms with Crippen LogP contribution in [0.5, 0.6) is 0 Å². The third kappa shape index (κ3) is 5.85. The molecule has 3 aromatic rings. The molecule has 0 aliphatic heterocycles. The van der Waals surface area contributed by atoms with Gasteiger partial charge in [-0.2, -0.15) is 0 Å². The number of benzene rings is 3. The Bertz CT molecular complexity index is 951. The van der Waals surface area contributed by atoms with Crippen molar-refractivity contribution in [3.8, 4) is 0 Å². The summed E-state index contributed by atoms with van der Waals surface area (Å²) in [6, 6.07) is 25.6. The molecule has 154 valence electrons. The normalized spacial score (nSPS) is 11.4. The fraction of sp³-hybridized carbons (Fsp3) is 0.296. The van der Waals surface area contributed by atoms with Crippen LogP contribution < -0.4 is 4.30 Å². The van der Waals surface area contributed by atoms with Crippen molar-refractivity contribution < 1.29 is 0 Å². The molecule has 0 saturated heterocycles. The first-order valence-electron chi connectivity index (χ1n) is 11.0. The maximum absolute atomic E-state index is 4.67. The molecule has 3 heteroatoms. The molecule has 0 saturated carbocycles. The molecule has 0 unspecified atom stereocenters. The van der Waals surface area contributed by atoms with Gasteiger partial charge in [-0.15, -0.1) is 0 Å². The van der Waals surface area contributed by atoms with Crippen molar-refractivity contribution in [3.63, 3.8) is 0 Å². The van der Waals surface area contributed by atoms with Gasteiger partial charge in [-0.3, -0.25) is 4.99 Å². The summed E-state index contributed by atoms with van der Waals surface area (Å²) in [6.45, 7) is 9.14. The highest BCUT2D eigenvalue weighted by Crippen LogP contribution is 2.32. The van der Waals surface area contributed by atoms with E-state index >= 15 is 0 Å². The molecule has 0 bridgehead atoms. The van der Waals surface area contributed by atoms with Crippen molar-refractivity contribution in [2.45, 2.75) is 50.6 Å². The first-order valence-corrected chi connectivity index (χ1v) is 13.6. The smallest absolute Gasteiger partial charge is 0.412 e. The van der Waals surface area contributed by atoms with Crippen LogP contribution in [0, 0.1) is 0 Å².